The van der Waals surface area contributed by atoms with Gasteiger partial charge in [0.15, 0.2) is 0 Å². The zero-order chi connectivity index (χ0) is 18.7. The van der Waals surface area contributed by atoms with Gasteiger partial charge in [-0.3, -0.25) is 9.59 Å². The van der Waals surface area contributed by atoms with Crippen LogP contribution < -0.4 is 10.1 Å². The summed E-state index contributed by atoms with van der Waals surface area (Å²) in [6, 6.07) is 4.68. The highest BCUT2D eigenvalue weighted by atomic mass is 16.5. The molecule has 2 aliphatic rings. The number of amides is 2. The minimum atomic E-state index is -0.152. The van der Waals surface area contributed by atoms with Crippen LogP contribution in [-0.2, 0) is 9.53 Å². The number of hydrogen-bond donors (Lipinski definition) is 2. The Morgan fingerprint density at radius 3 is 2.81 bits per heavy atom. The van der Waals surface area contributed by atoms with Gasteiger partial charge in [0, 0.05) is 44.8 Å². The lowest BCUT2D eigenvalue weighted by molar-refractivity contribution is -0.124. The summed E-state index contributed by atoms with van der Waals surface area (Å²) in [6.07, 6.45) is 2.28. The van der Waals surface area contributed by atoms with E-state index in [1.807, 2.05) is 0 Å². The van der Waals surface area contributed by atoms with Crippen LogP contribution in [-0.4, -0.2) is 61.8 Å². The maximum absolute atomic E-state index is 12.9. The summed E-state index contributed by atoms with van der Waals surface area (Å²) in [4.78, 5) is 26.2. The minimum Gasteiger partial charge on any atom is -0.508 e. The fourth-order valence-corrected chi connectivity index (χ4v) is 3.95. The summed E-state index contributed by atoms with van der Waals surface area (Å²) in [5.74, 6) is 1.17. The first kappa shape index (κ1) is 18.5. The van der Waals surface area contributed by atoms with Crippen molar-refractivity contribution in [1.29, 1.82) is 0 Å². The van der Waals surface area contributed by atoms with E-state index in [2.05, 4.69) is 5.32 Å². The fourth-order valence-electron chi connectivity index (χ4n) is 3.95. The largest absolute Gasteiger partial charge is 0.508 e. The van der Waals surface area contributed by atoms with Crippen molar-refractivity contribution in [3.05, 3.63) is 23.8 Å². The second kappa shape index (κ2) is 7.95. The molecule has 2 fully saturated rings. The SMILES string of the molecule is COCCOc1cc(O)cc(C(=O)N(C)[C@H]2C[C@H]3CC(=O)NC[C@H]3C2)c1. The number of carbonyl (C=O) groups excluding carboxylic acids is 2. The molecule has 0 aromatic heterocycles. The van der Waals surface area contributed by atoms with E-state index in [1.165, 1.54) is 12.1 Å². The van der Waals surface area contributed by atoms with Crippen molar-refractivity contribution in [3.8, 4) is 11.5 Å². The molecule has 1 saturated carbocycles. The molecule has 1 saturated heterocycles. The normalized spacial score (nSPS) is 24.7. The molecule has 0 radical (unpaired) electrons. The Kier molecular flexibility index (Phi) is 5.66. The predicted molar refractivity (Wildman–Crippen MR) is 95.2 cm³/mol. The monoisotopic (exact) mass is 362 g/mol. The third kappa shape index (κ3) is 4.09. The van der Waals surface area contributed by atoms with Crippen LogP contribution in [0.4, 0.5) is 0 Å². The van der Waals surface area contributed by atoms with Gasteiger partial charge in [-0.05, 0) is 36.8 Å². The first-order valence-corrected chi connectivity index (χ1v) is 8.97. The summed E-state index contributed by atoms with van der Waals surface area (Å²) in [5.41, 5.74) is 0.393. The van der Waals surface area contributed by atoms with Gasteiger partial charge in [-0.15, -0.1) is 0 Å². The van der Waals surface area contributed by atoms with Crippen molar-refractivity contribution in [1.82, 2.24) is 10.2 Å². The molecule has 1 aromatic carbocycles. The van der Waals surface area contributed by atoms with Gasteiger partial charge in [-0.2, -0.15) is 0 Å². The zero-order valence-electron chi connectivity index (χ0n) is 15.2. The van der Waals surface area contributed by atoms with Crippen LogP contribution in [0.3, 0.4) is 0 Å². The number of phenolic OH excluding ortho intramolecular Hbond substituents is 1. The highest BCUT2D eigenvalue weighted by molar-refractivity contribution is 5.95. The standard InChI is InChI=1S/C19H26N2O5/c1-21(15-5-12-9-18(23)20-11-14(12)6-15)19(24)13-7-16(22)10-17(8-13)26-4-3-25-2/h7-8,10,12,14-15,22H,3-6,9,11H2,1-2H3,(H,20,23)/t12-,14+,15-/m0/s1. The lowest BCUT2D eigenvalue weighted by Gasteiger charge is -2.25. The summed E-state index contributed by atoms with van der Waals surface area (Å²) < 4.78 is 10.5. The van der Waals surface area contributed by atoms with Crippen LogP contribution >= 0.6 is 0 Å². The third-order valence-electron chi connectivity index (χ3n) is 5.39. The fraction of sp³-hybridized carbons (Fsp3) is 0.579. The first-order chi connectivity index (χ1) is 12.5. The second-order valence-electron chi connectivity index (χ2n) is 7.13. The number of piperidine rings is 1. The van der Waals surface area contributed by atoms with E-state index >= 15 is 0 Å². The smallest absolute Gasteiger partial charge is 0.254 e. The van der Waals surface area contributed by atoms with Gasteiger partial charge >= 0.3 is 0 Å². The molecule has 1 heterocycles. The molecule has 0 bridgehead atoms. The number of phenols is 1. The summed E-state index contributed by atoms with van der Waals surface area (Å²) in [6.45, 7) is 1.47. The first-order valence-electron chi connectivity index (χ1n) is 8.97. The van der Waals surface area contributed by atoms with Crippen molar-refractivity contribution < 1.29 is 24.2 Å². The number of fused-ring (bicyclic) bond motifs is 1. The molecule has 1 aromatic rings. The van der Waals surface area contributed by atoms with Crippen LogP contribution in [0.25, 0.3) is 0 Å². The van der Waals surface area contributed by atoms with Crippen molar-refractivity contribution in [2.75, 3.05) is 33.9 Å². The average Bonchev–Trinajstić information content (AvgIpc) is 3.03. The molecule has 3 rings (SSSR count). The number of nitrogens with zero attached hydrogens (tertiary/aromatic N) is 1. The number of ether oxygens (including phenoxy) is 2. The lowest BCUT2D eigenvalue weighted by atomic mass is 9.89. The van der Waals surface area contributed by atoms with Gasteiger partial charge < -0.3 is 24.8 Å². The maximum atomic E-state index is 12.9. The molecular formula is C19H26N2O5. The Morgan fingerprint density at radius 1 is 1.27 bits per heavy atom. The molecule has 3 atom stereocenters. The van der Waals surface area contributed by atoms with Crippen LogP contribution in [0, 0.1) is 11.8 Å². The molecule has 1 aliphatic heterocycles. The third-order valence-corrected chi connectivity index (χ3v) is 5.39. The Bertz CT molecular complexity index is 678. The van der Waals surface area contributed by atoms with Crippen molar-refractivity contribution in [2.24, 2.45) is 11.8 Å². The summed E-state index contributed by atoms with van der Waals surface area (Å²) >= 11 is 0. The van der Waals surface area contributed by atoms with Crippen LogP contribution in [0.1, 0.15) is 29.6 Å². The summed E-state index contributed by atoms with van der Waals surface area (Å²) in [7, 11) is 3.37. The Balaban J connectivity index is 1.67. The molecular weight excluding hydrogens is 336 g/mol. The quantitative estimate of drug-likeness (QED) is 0.747. The molecule has 7 nitrogen and oxygen atoms in total. The minimum absolute atomic E-state index is 0.00782. The van der Waals surface area contributed by atoms with E-state index in [1.54, 1.807) is 25.1 Å². The molecule has 26 heavy (non-hydrogen) atoms. The van der Waals surface area contributed by atoms with Gasteiger partial charge in [0.25, 0.3) is 5.91 Å². The van der Waals surface area contributed by atoms with Gasteiger partial charge in [0.2, 0.25) is 5.91 Å². The second-order valence-corrected chi connectivity index (χ2v) is 7.13. The topological polar surface area (TPSA) is 88.1 Å². The van der Waals surface area contributed by atoms with Crippen molar-refractivity contribution in [2.45, 2.75) is 25.3 Å². The highest BCUT2D eigenvalue weighted by Gasteiger charge is 2.40. The molecule has 2 amide bonds. The summed E-state index contributed by atoms with van der Waals surface area (Å²) in [5, 5.41) is 12.8. The predicted octanol–water partition coefficient (Wildman–Crippen LogP) is 1.40. The number of benzene rings is 1. The Hall–Kier alpha value is -2.28. The molecule has 0 spiro atoms. The number of rotatable bonds is 6. The lowest BCUT2D eigenvalue weighted by Crippen LogP contribution is -2.38. The van der Waals surface area contributed by atoms with Crippen molar-refractivity contribution >= 4 is 11.8 Å². The molecule has 7 heteroatoms. The average molecular weight is 362 g/mol. The maximum Gasteiger partial charge on any atom is 0.254 e. The van der Waals surface area contributed by atoms with Crippen LogP contribution in [0.5, 0.6) is 11.5 Å². The molecule has 1 aliphatic carbocycles. The van der Waals surface area contributed by atoms with Gasteiger partial charge in [0.1, 0.15) is 18.1 Å². The van der Waals surface area contributed by atoms with Gasteiger partial charge in [0.05, 0.1) is 6.61 Å². The van der Waals surface area contributed by atoms with E-state index < -0.39 is 0 Å². The van der Waals surface area contributed by atoms with E-state index in [0.29, 0.717) is 49.3 Å². The Labute approximate surface area is 153 Å². The number of aromatic hydroxyl groups is 1. The molecule has 142 valence electrons. The van der Waals surface area contributed by atoms with Gasteiger partial charge in [-0.25, -0.2) is 0 Å². The number of hydrogen-bond acceptors (Lipinski definition) is 5. The molecule has 2 N–H and O–H groups in total. The van der Waals surface area contributed by atoms with Crippen LogP contribution in [0.15, 0.2) is 18.2 Å². The molecule has 0 unspecified atom stereocenters. The van der Waals surface area contributed by atoms with E-state index in [9.17, 15) is 14.7 Å². The zero-order valence-corrected chi connectivity index (χ0v) is 15.2. The number of methoxy groups -OCH3 is 1. The van der Waals surface area contributed by atoms with E-state index in [-0.39, 0.29) is 23.6 Å². The van der Waals surface area contributed by atoms with E-state index in [4.69, 9.17) is 9.47 Å². The number of carbonyl (C=O) groups is 2. The van der Waals surface area contributed by atoms with Gasteiger partial charge in [-0.1, -0.05) is 0 Å². The van der Waals surface area contributed by atoms with E-state index in [0.717, 1.165) is 12.8 Å². The number of nitrogens with one attached hydrogen (secondary N) is 1. The Morgan fingerprint density at radius 2 is 2.04 bits per heavy atom. The van der Waals surface area contributed by atoms with Crippen LogP contribution in [0.2, 0.25) is 0 Å². The van der Waals surface area contributed by atoms with Crippen molar-refractivity contribution in [3.63, 3.8) is 0 Å². The highest BCUT2D eigenvalue weighted by Crippen LogP contribution is 2.38.